The van der Waals surface area contributed by atoms with E-state index in [4.69, 9.17) is 0 Å². The second-order valence-corrected chi connectivity index (χ2v) is 7.63. The third kappa shape index (κ3) is 4.83. The van der Waals surface area contributed by atoms with Crippen LogP contribution in [0.25, 0.3) is 10.9 Å². The number of amides is 1. The molecule has 5 rings (SSSR count). The maximum absolute atomic E-state index is 13.8. The molecule has 0 aliphatic rings. The van der Waals surface area contributed by atoms with Crippen LogP contribution >= 0.6 is 0 Å². The Morgan fingerprint density at radius 1 is 0.735 bits per heavy atom. The molecule has 0 bridgehead atoms. The molecular formula is C27H20FN5O. The fourth-order valence-electron chi connectivity index (χ4n) is 3.59. The normalized spacial score (nSPS) is 10.6. The number of rotatable bonds is 6. The summed E-state index contributed by atoms with van der Waals surface area (Å²) in [7, 11) is 0. The van der Waals surface area contributed by atoms with E-state index < -0.39 is 0 Å². The third-order valence-electron chi connectivity index (χ3n) is 5.17. The molecule has 5 aromatic rings. The van der Waals surface area contributed by atoms with Crippen LogP contribution in [0, 0.1) is 5.82 Å². The van der Waals surface area contributed by atoms with Crippen LogP contribution in [-0.2, 0) is 0 Å². The van der Waals surface area contributed by atoms with E-state index in [-0.39, 0.29) is 11.7 Å². The molecule has 0 saturated carbocycles. The van der Waals surface area contributed by atoms with E-state index in [0.717, 1.165) is 11.4 Å². The van der Waals surface area contributed by atoms with Crippen LogP contribution in [0.5, 0.6) is 0 Å². The van der Waals surface area contributed by atoms with E-state index in [2.05, 4.69) is 25.9 Å². The van der Waals surface area contributed by atoms with Crippen molar-refractivity contribution in [2.45, 2.75) is 0 Å². The zero-order chi connectivity index (χ0) is 23.3. The molecule has 1 amide bonds. The largest absolute Gasteiger partial charge is 0.355 e. The number of anilines is 5. The number of hydrogen-bond donors (Lipinski definition) is 3. The van der Waals surface area contributed by atoms with Crippen molar-refractivity contribution in [1.29, 1.82) is 0 Å². The van der Waals surface area contributed by atoms with Gasteiger partial charge in [0.2, 0.25) is 0 Å². The number of carbonyl (C=O) groups is 1. The Balaban J connectivity index is 1.33. The molecule has 166 valence electrons. The summed E-state index contributed by atoms with van der Waals surface area (Å²) < 4.78 is 13.8. The highest BCUT2D eigenvalue weighted by Gasteiger charge is 2.10. The molecule has 0 atom stereocenters. The van der Waals surface area contributed by atoms with Gasteiger partial charge in [-0.15, -0.1) is 0 Å². The Bertz CT molecular complexity index is 1470. The number of nitrogens with one attached hydrogen (secondary N) is 3. The van der Waals surface area contributed by atoms with Crippen LogP contribution in [0.15, 0.2) is 104 Å². The number of pyridine rings is 2. The van der Waals surface area contributed by atoms with Crippen molar-refractivity contribution in [3.05, 3.63) is 115 Å². The van der Waals surface area contributed by atoms with E-state index in [1.807, 2.05) is 42.5 Å². The van der Waals surface area contributed by atoms with Crippen LogP contribution < -0.4 is 16.0 Å². The van der Waals surface area contributed by atoms with Gasteiger partial charge in [-0.05, 0) is 60.7 Å². The van der Waals surface area contributed by atoms with Gasteiger partial charge in [0.15, 0.2) is 0 Å². The zero-order valence-electron chi connectivity index (χ0n) is 18.0. The van der Waals surface area contributed by atoms with Crippen LogP contribution in [0.3, 0.4) is 0 Å². The molecule has 0 saturated heterocycles. The molecule has 0 spiro atoms. The number of fused-ring (bicyclic) bond motifs is 1. The van der Waals surface area contributed by atoms with Gasteiger partial charge >= 0.3 is 0 Å². The predicted molar refractivity (Wildman–Crippen MR) is 133 cm³/mol. The van der Waals surface area contributed by atoms with E-state index in [1.54, 1.807) is 48.9 Å². The van der Waals surface area contributed by atoms with Gasteiger partial charge in [-0.1, -0.05) is 24.3 Å². The number of carbonyl (C=O) groups excluding carboxylic acids is 1. The summed E-state index contributed by atoms with van der Waals surface area (Å²) in [6.07, 6.45) is 4.94. The molecule has 0 unspecified atom stereocenters. The maximum atomic E-state index is 13.8. The average Bonchev–Trinajstić information content (AvgIpc) is 2.85. The van der Waals surface area contributed by atoms with Gasteiger partial charge in [0.1, 0.15) is 5.82 Å². The molecule has 7 heteroatoms. The molecule has 34 heavy (non-hydrogen) atoms. The summed E-state index contributed by atoms with van der Waals surface area (Å²) in [6, 6.07) is 24.8. The average molecular weight is 449 g/mol. The van der Waals surface area contributed by atoms with Crippen molar-refractivity contribution >= 4 is 45.2 Å². The maximum Gasteiger partial charge on any atom is 0.255 e. The first-order valence-electron chi connectivity index (χ1n) is 10.6. The first kappa shape index (κ1) is 21.1. The van der Waals surface area contributed by atoms with Crippen molar-refractivity contribution in [2.75, 3.05) is 16.0 Å². The Hall–Kier alpha value is -4.78. The molecule has 2 heterocycles. The van der Waals surface area contributed by atoms with Gasteiger partial charge in [0, 0.05) is 34.2 Å². The summed E-state index contributed by atoms with van der Waals surface area (Å²) in [5, 5.41) is 10.1. The highest BCUT2D eigenvalue weighted by atomic mass is 19.1. The lowest BCUT2D eigenvalue weighted by Crippen LogP contribution is -2.12. The molecule has 2 aromatic heterocycles. The molecule has 0 radical (unpaired) electrons. The summed E-state index contributed by atoms with van der Waals surface area (Å²) in [4.78, 5) is 21.4. The van der Waals surface area contributed by atoms with Crippen molar-refractivity contribution in [3.8, 4) is 0 Å². The Morgan fingerprint density at radius 3 is 2.44 bits per heavy atom. The Kier molecular flexibility index (Phi) is 5.82. The predicted octanol–water partition coefficient (Wildman–Crippen LogP) is 6.51. The van der Waals surface area contributed by atoms with E-state index in [1.165, 1.54) is 12.1 Å². The summed E-state index contributed by atoms with van der Waals surface area (Å²) in [5.41, 5.74) is 4.80. The summed E-state index contributed by atoms with van der Waals surface area (Å²) in [5.74, 6) is -0.609. The Labute approximate surface area is 195 Å². The van der Waals surface area contributed by atoms with Crippen LogP contribution in [-0.4, -0.2) is 15.9 Å². The van der Waals surface area contributed by atoms with Gasteiger partial charge < -0.3 is 16.0 Å². The highest BCUT2D eigenvalue weighted by Crippen LogP contribution is 2.26. The minimum atomic E-state index is -0.339. The van der Waals surface area contributed by atoms with Crippen molar-refractivity contribution < 1.29 is 9.18 Å². The van der Waals surface area contributed by atoms with Gasteiger partial charge in [-0.3, -0.25) is 14.8 Å². The second kappa shape index (κ2) is 9.38. The van der Waals surface area contributed by atoms with Crippen molar-refractivity contribution in [2.24, 2.45) is 0 Å². The molecule has 6 nitrogen and oxygen atoms in total. The SMILES string of the molecule is O=C(Nc1cncc(Nc2ccccc2)c1)c1cccc(Nc2ccnc3ccc(F)cc23)c1. The van der Waals surface area contributed by atoms with E-state index in [0.29, 0.717) is 33.5 Å². The molecule has 0 fully saturated rings. The van der Waals surface area contributed by atoms with E-state index in [9.17, 15) is 9.18 Å². The number of halogens is 1. The Morgan fingerprint density at radius 2 is 1.56 bits per heavy atom. The molecule has 0 aliphatic carbocycles. The van der Waals surface area contributed by atoms with E-state index >= 15 is 0 Å². The van der Waals surface area contributed by atoms with Gasteiger partial charge in [-0.2, -0.15) is 0 Å². The molecular weight excluding hydrogens is 429 g/mol. The second-order valence-electron chi connectivity index (χ2n) is 7.63. The minimum absolute atomic E-state index is 0.270. The highest BCUT2D eigenvalue weighted by molar-refractivity contribution is 6.05. The number of aromatic nitrogens is 2. The van der Waals surface area contributed by atoms with Crippen molar-refractivity contribution in [3.63, 3.8) is 0 Å². The standard InChI is InChI=1S/C27H20FN5O/c28-19-9-10-25-24(14-19)26(11-12-30-25)32-21-8-4-5-18(13-21)27(34)33-23-15-22(16-29-17-23)31-20-6-2-1-3-7-20/h1-17,31H,(H,30,32)(H,33,34). The van der Waals surface area contributed by atoms with Gasteiger partial charge in [-0.25, -0.2) is 4.39 Å². The monoisotopic (exact) mass is 449 g/mol. The van der Waals surface area contributed by atoms with Crippen LogP contribution in [0.1, 0.15) is 10.4 Å². The number of hydrogen-bond acceptors (Lipinski definition) is 5. The fraction of sp³-hybridized carbons (Fsp3) is 0. The number of nitrogens with zero attached hydrogens (tertiary/aromatic N) is 2. The smallest absolute Gasteiger partial charge is 0.255 e. The van der Waals surface area contributed by atoms with Gasteiger partial charge in [0.25, 0.3) is 5.91 Å². The molecule has 3 N–H and O–H groups in total. The lowest BCUT2D eigenvalue weighted by molar-refractivity contribution is 0.102. The molecule has 3 aromatic carbocycles. The first-order valence-corrected chi connectivity index (χ1v) is 10.6. The zero-order valence-corrected chi connectivity index (χ0v) is 18.0. The topological polar surface area (TPSA) is 78.9 Å². The van der Waals surface area contributed by atoms with Crippen LogP contribution in [0.2, 0.25) is 0 Å². The van der Waals surface area contributed by atoms with Crippen molar-refractivity contribution in [1.82, 2.24) is 9.97 Å². The summed E-state index contributed by atoms with van der Waals surface area (Å²) in [6.45, 7) is 0. The number of para-hydroxylation sites is 1. The lowest BCUT2D eigenvalue weighted by Gasteiger charge is -2.12. The third-order valence-corrected chi connectivity index (χ3v) is 5.17. The van der Waals surface area contributed by atoms with Gasteiger partial charge in [0.05, 0.1) is 29.3 Å². The van der Waals surface area contributed by atoms with Crippen LogP contribution in [0.4, 0.5) is 32.8 Å². The number of benzene rings is 3. The molecule has 0 aliphatic heterocycles. The quantitative estimate of drug-likeness (QED) is 0.275. The first-order chi connectivity index (χ1) is 16.6. The fourth-order valence-corrected chi connectivity index (χ4v) is 3.59. The minimum Gasteiger partial charge on any atom is -0.355 e. The summed E-state index contributed by atoms with van der Waals surface area (Å²) >= 11 is 0. The lowest BCUT2D eigenvalue weighted by atomic mass is 10.1.